The number of carbonyl (C=O) groups is 4. The number of fused-ring (bicyclic) bond motifs is 5. The summed E-state index contributed by atoms with van der Waals surface area (Å²) in [5.41, 5.74) is 0.937. The molecule has 3 fully saturated rings. The molecule has 2 bridgehead atoms. The number of non-ortho nitro benzene ring substituents is 2. The molecule has 2 aromatic rings. The van der Waals surface area contributed by atoms with Crippen molar-refractivity contribution in [3.05, 3.63) is 67.8 Å². The van der Waals surface area contributed by atoms with Crippen molar-refractivity contribution >= 4 is 58.1 Å². The van der Waals surface area contributed by atoms with Crippen LogP contribution in [-0.2, 0) is 19.2 Å². The first-order valence-electron chi connectivity index (χ1n) is 11.5. The van der Waals surface area contributed by atoms with Crippen LogP contribution in [0, 0.1) is 45.9 Å². The van der Waals surface area contributed by atoms with Crippen molar-refractivity contribution in [1.82, 2.24) is 5.32 Å². The summed E-state index contributed by atoms with van der Waals surface area (Å²) in [6.45, 7) is 4.77. The molecule has 3 saturated heterocycles. The van der Waals surface area contributed by atoms with Gasteiger partial charge in [-0.15, -0.1) is 11.8 Å². The third-order valence-electron chi connectivity index (χ3n) is 7.29. The maximum atomic E-state index is 13.7. The number of carbonyl (C=O) groups excluding carboxylic acids is 4. The predicted molar refractivity (Wildman–Crippen MR) is 135 cm³/mol. The van der Waals surface area contributed by atoms with Crippen LogP contribution in [0.5, 0.6) is 0 Å². The van der Waals surface area contributed by atoms with E-state index in [1.54, 1.807) is 20.8 Å². The van der Waals surface area contributed by atoms with Gasteiger partial charge in [0.15, 0.2) is 0 Å². The van der Waals surface area contributed by atoms with Crippen LogP contribution < -0.4 is 15.5 Å². The average Bonchev–Trinajstić information content (AvgIpc) is 3.35. The van der Waals surface area contributed by atoms with E-state index in [2.05, 4.69) is 10.6 Å². The average molecular weight is 540 g/mol. The van der Waals surface area contributed by atoms with Crippen molar-refractivity contribution in [3.63, 3.8) is 0 Å². The van der Waals surface area contributed by atoms with Gasteiger partial charge in [-0.3, -0.25) is 39.4 Å². The zero-order chi connectivity index (χ0) is 27.7. The Morgan fingerprint density at radius 2 is 1.58 bits per heavy atom. The van der Waals surface area contributed by atoms with E-state index in [0.29, 0.717) is 16.8 Å². The molecule has 2 N–H and O–H groups in total. The first-order chi connectivity index (χ1) is 17.8. The van der Waals surface area contributed by atoms with E-state index in [1.807, 2.05) is 0 Å². The van der Waals surface area contributed by atoms with E-state index in [9.17, 15) is 39.4 Å². The van der Waals surface area contributed by atoms with Crippen LogP contribution in [-0.4, -0.2) is 43.1 Å². The zero-order valence-electron chi connectivity index (χ0n) is 20.3. The van der Waals surface area contributed by atoms with Gasteiger partial charge in [-0.25, -0.2) is 4.90 Å². The predicted octanol–water partition coefficient (Wildman–Crippen LogP) is 2.59. The number of aryl methyl sites for hydroxylation is 2. The molecule has 3 aliphatic rings. The third kappa shape index (κ3) is 3.55. The number of benzene rings is 2. The number of nitrogens with one attached hydrogen (secondary N) is 2. The second kappa shape index (κ2) is 8.34. The minimum Gasteiger partial charge on any atom is -0.340 e. The number of imide groups is 1. The Balaban J connectivity index is 1.46. The Hall–Kier alpha value is -4.33. The molecule has 4 unspecified atom stereocenters. The summed E-state index contributed by atoms with van der Waals surface area (Å²) in [5, 5.41) is 27.6. The highest BCUT2D eigenvalue weighted by Crippen LogP contribution is 2.65. The molecule has 0 spiro atoms. The SMILES string of the molecule is Cc1cc([N+](=O)[O-])ccc1NC(=O)CC12SC(C)(NC1=O)C1C(=O)N(c3ccc([N+](=O)[O-])cc3C)C(=O)C12. The number of hydrogen-bond acceptors (Lipinski definition) is 9. The van der Waals surface area contributed by atoms with Crippen molar-refractivity contribution in [2.75, 3.05) is 10.2 Å². The summed E-state index contributed by atoms with van der Waals surface area (Å²) in [4.78, 5) is 74.5. The van der Waals surface area contributed by atoms with Gasteiger partial charge in [0.2, 0.25) is 23.6 Å². The minimum absolute atomic E-state index is 0.143. The molecule has 3 aliphatic heterocycles. The molecular weight excluding hydrogens is 518 g/mol. The molecule has 0 aromatic heterocycles. The van der Waals surface area contributed by atoms with Gasteiger partial charge in [-0.05, 0) is 44.0 Å². The van der Waals surface area contributed by atoms with Crippen LogP contribution >= 0.6 is 11.8 Å². The molecule has 0 aliphatic carbocycles. The fourth-order valence-electron chi connectivity index (χ4n) is 5.62. The molecule has 13 nitrogen and oxygen atoms in total. The number of anilines is 2. The number of nitro benzene ring substituents is 2. The fraction of sp³-hybridized carbons (Fsp3) is 0.333. The molecule has 4 atom stereocenters. The molecule has 3 heterocycles. The molecule has 4 amide bonds. The quantitative estimate of drug-likeness (QED) is 0.317. The Bertz CT molecular complexity index is 1490. The van der Waals surface area contributed by atoms with Gasteiger partial charge in [-0.1, -0.05) is 0 Å². The van der Waals surface area contributed by atoms with E-state index < -0.39 is 61.3 Å². The van der Waals surface area contributed by atoms with Crippen molar-refractivity contribution in [3.8, 4) is 0 Å². The fourth-order valence-corrected chi connectivity index (χ4v) is 7.60. The molecule has 5 rings (SSSR count). The van der Waals surface area contributed by atoms with Crippen LogP contribution in [0.25, 0.3) is 0 Å². The molecule has 196 valence electrons. The van der Waals surface area contributed by atoms with Crippen LogP contribution in [0.2, 0.25) is 0 Å². The first-order valence-corrected chi connectivity index (χ1v) is 12.3. The van der Waals surface area contributed by atoms with Crippen LogP contribution in [0.3, 0.4) is 0 Å². The lowest BCUT2D eigenvalue weighted by atomic mass is 9.74. The van der Waals surface area contributed by atoms with Crippen molar-refractivity contribution < 1.29 is 29.0 Å². The Labute approximate surface area is 219 Å². The van der Waals surface area contributed by atoms with Gasteiger partial charge in [0, 0.05) is 30.0 Å². The van der Waals surface area contributed by atoms with Gasteiger partial charge >= 0.3 is 0 Å². The van der Waals surface area contributed by atoms with Gasteiger partial charge in [-0.2, -0.15) is 0 Å². The van der Waals surface area contributed by atoms with Crippen molar-refractivity contribution in [2.45, 2.75) is 36.8 Å². The highest BCUT2D eigenvalue weighted by atomic mass is 32.2. The monoisotopic (exact) mass is 539 g/mol. The topological polar surface area (TPSA) is 182 Å². The Morgan fingerprint density at radius 1 is 1.00 bits per heavy atom. The first kappa shape index (κ1) is 25.3. The summed E-state index contributed by atoms with van der Waals surface area (Å²) >= 11 is 1.08. The van der Waals surface area contributed by atoms with Gasteiger partial charge in [0.05, 0.1) is 38.7 Å². The number of rotatable bonds is 6. The maximum absolute atomic E-state index is 13.7. The molecule has 2 aromatic carbocycles. The number of amides is 4. The van der Waals surface area contributed by atoms with E-state index in [0.717, 1.165) is 16.7 Å². The lowest BCUT2D eigenvalue weighted by Gasteiger charge is -2.32. The van der Waals surface area contributed by atoms with Crippen LogP contribution in [0.4, 0.5) is 22.7 Å². The number of hydrogen-bond donors (Lipinski definition) is 2. The second-order valence-corrected chi connectivity index (χ2v) is 11.5. The van der Waals surface area contributed by atoms with Crippen LogP contribution in [0.1, 0.15) is 24.5 Å². The third-order valence-corrected chi connectivity index (χ3v) is 9.02. The highest BCUT2D eigenvalue weighted by molar-refractivity contribution is 8.03. The highest BCUT2D eigenvalue weighted by Gasteiger charge is 2.77. The summed E-state index contributed by atoms with van der Waals surface area (Å²) in [6, 6.07) is 7.71. The second-order valence-electron chi connectivity index (χ2n) is 9.73. The Morgan fingerprint density at radius 3 is 2.16 bits per heavy atom. The number of thioether (sulfide) groups is 1. The van der Waals surface area contributed by atoms with Crippen LogP contribution in [0.15, 0.2) is 36.4 Å². The normalized spacial score (nSPS) is 27.3. The molecule has 0 radical (unpaired) electrons. The van der Waals surface area contributed by atoms with E-state index >= 15 is 0 Å². The van der Waals surface area contributed by atoms with Crippen molar-refractivity contribution in [2.24, 2.45) is 11.8 Å². The zero-order valence-corrected chi connectivity index (χ0v) is 21.2. The summed E-state index contributed by atoms with van der Waals surface area (Å²) in [6.07, 6.45) is -0.414. The lowest BCUT2D eigenvalue weighted by Crippen LogP contribution is -2.57. The van der Waals surface area contributed by atoms with E-state index in [1.165, 1.54) is 36.4 Å². The van der Waals surface area contributed by atoms with Gasteiger partial charge < -0.3 is 10.6 Å². The molecular formula is C24H21N5O8S. The van der Waals surface area contributed by atoms with E-state index in [4.69, 9.17) is 0 Å². The van der Waals surface area contributed by atoms with Gasteiger partial charge in [0.25, 0.3) is 11.4 Å². The van der Waals surface area contributed by atoms with E-state index in [-0.39, 0.29) is 17.1 Å². The molecule has 14 heteroatoms. The summed E-state index contributed by atoms with van der Waals surface area (Å²) in [7, 11) is 0. The van der Waals surface area contributed by atoms with Crippen molar-refractivity contribution in [1.29, 1.82) is 0 Å². The maximum Gasteiger partial charge on any atom is 0.269 e. The lowest BCUT2D eigenvalue weighted by molar-refractivity contribution is -0.385. The minimum atomic E-state index is -1.56. The number of piperidine rings is 1. The smallest absolute Gasteiger partial charge is 0.269 e. The largest absolute Gasteiger partial charge is 0.340 e. The summed E-state index contributed by atoms with van der Waals surface area (Å²) < 4.78 is -1.56. The Kier molecular flexibility index (Phi) is 5.56. The number of nitro groups is 2. The summed E-state index contributed by atoms with van der Waals surface area (Å²) in [5.74, 6) is -4.41. The number of nitrogens with zero attached hydrogens (tertiary/aromatic N) is 3. The standard InChI is InChI=1S/C24H21N5O8S/c1-11-8-13(28(34)35)4-6-15(11)25-17(30)10-24-19-18(23(3,38-24)26-22(24)33)20(31)27(21(19)32)16-7-5-14(29(36)37)9-12(16)2/h4-9,18-19H,10H2,1-3H3,(H,25,30)(H,26,33). The van der Waals surface area contributed by atoms with Gasteiger partial charge in [0.1, 0.15) is 4.75 Å². The molecule has 38 heavy (non-hydrogen) atoms. The molecule has 0 saturated carbocycles.